The molecule has 0 N–H and O–H groups in total. The van der Waals surface area contributed by atoms with Gasteiger partial charge in [-0.1, -0.05) is 0 Å². The predicted molar refractivity (Wildman–Crippen MR) is 43.2 cm³/mol. The average molecular weight is 148 g/mol. The van der Waals surface area contributed by atoms with Gasteiger partial charge in [0.15, 0.2) is 0 Å². The molecule has 0 bridgehead atoms. The number of aromatic nitrogens is 1. The molecule has 1 nitrogen and oxygen atoms in total. The van der Waals surface area contributed by atoms with E-state index in [1.54, 1.807) is 11.3 Å². The van der Waals surface area contributed by atoms with Crippen molar-refractivity contribution in [2.24, 2.45) is 0 Å². The van der Waals surface area contributed by atoms with Gasteiger partial charge < -0.3 is 0 Å². The minimum Gasteiger partial charge on any atom is -0.245 e. The maximum atomic E-state index is 4.17. The highest BCUT2D eigenvalue weighted by Crippen LogP contribution is 2.20. The van der Waals surface area contributed by atoms with E-state index in [9.17, 15) is 0 Å². The summed E-state index contributed by atoms with van der Waals surface area (Å²) in [6.45, 7) is 2.08. The molecule has 1 radical (unpaired) electrons. The van der Waals surface area contributed by atoms with Crippen LogP contribution in [0, 0.1) is 13.0 Å². The molecule has 2 aromatic rings. The number of hydrogen-bond acceptors (Lipinski definition) is 2. The molecular formula is C8H6NS. The minimum atomic E-state index is 1.06. The lowest BCUT2D eigenvalue weighted by atomic mass is 10.2. The van der Waals surface area contributed by atoms with Gasteiger partial charge in [0.05, 0.1) is 15.7 Å². The van der Waals surface area contributed by atoms with Crippen molar-refractivity contribution in [3.63, 3.8) is 0 Å². The number of aryl methyl sites for hydroxylation is 1. The molecule has 0 saturated heterocycles. The van der Waals surface area contributed by atoms with Crippen molar-refractivity contribution < 1.29 is 0 Å². The molecule has 0 saturated carbocycles. The number of nitrogens with zero attached hydrogens (tertiary/aromatic N) is 1. The summed E-state index contributed by atoms with van der Waals surface area (Å²) in [7, 11) is 0. The van der Waals surface area contributed by atoms with Crippen molar-refractivity contribution >= 4 is 21.6 Å². The van der Waals surface area contributed by atoms with E-state index in [1.165, 1.54) is 10.3 Å². The van der Waals surface area contributed by atoms with Crippen LogP contribution >= 0.6 is 11.3 Å². The van der Waals surface area contributed by atoms with E-state index < -0.39 is 0 Å². The van der Waals surface area contributed by atoms with Gasteiger partial charge in [-0.3, -0.25) is 0 Å². The molecule has 1 aromatic carbocycles. The molecule has 2 heteroatoms. The molecule has 0 aliphatic heterocycles. The zero-order valence-corrected chi connectivity index (χ0v) is 6.40. The van der Waals surface area contributed by atoms with Gasteiger partial charge >= 0.3 is 0 Å². The van der Waals surface area contributed by atoms with Crippen molar-refractivity contribution in [3.05, 3.63) is 29.3 Å². The molecule has 0 aliphatic rings. The van der Waals surface area contributed by atoms with E-state index in [-0.39, 0.29) is 0 Å². The molecule has 0 aliphatic carbocycles. The molecule has 0 fully saturated rings. The van der Waals surface area contributed by atoms with Crippen LogP contribution < -0.4 is 0 Å². The number of fused-ring (bicyclic) bond motifs is 1. The van der Waals surface area contributed by atoms with Gasteiger partial charge in [-0.2, -0.15) is 0 Å². The summed E-state index contributed by atoms with van der Waals surface area (Å²) < 4.78 is 1.28. The monoisotopic (exact) mass is 148 g/mol. The summed E-state index contributed by atoms with van der Waals surface area (Å²) in [5.41, 5.74) is 4.19. The molecule has 1 heterocycles. The fraction of sp³-hybridized carbons (Fsp3) is 0.125. The average Bonchev–Trinajstić information content (AvgIpc) is 2.36. The Morgan fingerprint density at radius 3 is 3.20 bits per heavy atom. The normalized spacial score (nSPS) is 10.5. The van der Waals surface area contributed by atoms with Crippen LogP contribution in [0.3, 0.4) is 0 Å². The van der Waals surface area contributed by atoms with Crippen LogP contribution in [0.2, 0.25) is 0 Å². The van der Waals surface area contributed by atoms with Gasteiger partial charge in [-0.05, 0) is 30.7 Å². The van der Waals surface area contributed by atoms with Crippen molar-refractivity contribution in [1.82, 2.24) is 4.98 Å². The first-order valence-corrected chi connectivity index (χ1v) is 3.96. The van der Waals surface area contributed by atoms with E-state index >= 15 is 0 Å². The van der Waals surface area contributed by atoms with E-state index in [1.807, 2.05) is 17.6 Å². The molecule has 2 rings (SSSR count). The molecule has 0 atom stereocenters. The highest BCUT2D eigenvalue weighted by Gasteiger charge is 1.96. The topological polar surface area (TPSA) is 12.9 Å². The fourth-order valence-corrected chi connectivity index (χ4v) is 1.71. The first-order valence-electron chi connectivity index (χ1n) is 3.08. The molecular weight excluding hydrogens is 142 g/mol. The smallest absolute Gasteiger partial charge is 0.0820 e. The summed E-state index contributed by atoms with van der Waals surface area (Å²) >= 11 is 1.68. The Hall–Kier alpha value is -0.890. The summed E-state index contributed by atoms with van der Waals surface area (Å²) in [5, 5.41) is 0. The Kier molecular flexibility index (Phi) is 1.21. The zero-order chi connectivity index (χ0) is 6.97. The van der Waals surface area contributed by atoms with Crippen molar-refractivity contribution in [1.29, 1.82) is 0 Å². The second kappa shape index (κ2) is 2.06. The number of thiazole rings is 1. The third-order valence-corrected chi connectivity index (χ3v) is 2.45. The highest BCUT2D eigenvalue weighted by atomic mass is 32.1. The Morgan fingerprint density at radius 1 is 1.50 bits per heavy atom. The van der Waals surface area contributed by atoms with Crippen LogP contribution in [0.15, 0.2) is 17.6 Å². The third-order valence-electron chi connectivity index (χ3n) is 1.47. The number of hydrogen-bond donors (Lipinski definition) is 0. The lowest BCUT2D eigenvalue weighted by Gasteiger charge is -1.89. The summed E-state index contributed by atoms with van der Waals surface area (Å²) in [6, 6.07) is 6.94. The first kappa shape index (κ1) is 5.86. The van der Waals surface area contributed by atoms with Gasteiger partial charge in [0, 0.05) is 0 Å². The van der Waals surface area contributed by atoms with Crippen LogP contribution in [-0.2, 0) is 0 Å². The van der Waals surface area contributed by atoms with Crippen LogP contribution in [0.5, 0.6) is 0 Å². The molecule has 0 amide bonds. The molecule has 0 unspecified atom stereocenters. The highest BCUT2D eigenvalue weighted by molar-refractivity contribution is 7.16. The van der Waals surface area contributed by atoms with Crippen molar-refractivity contribution in [2.75, 3.05) is 0 Å². The largest absolute Gasteiger partial charge is 0.245 e. The van der Waals surface area contributed by atoms with Gasteiger partial charge in [-0.25, -0.2) is 4.98 Å². The van der Waals surface area contributed by atoms with Gasteiger partial charge in [0.1, 0.15) is 0 Å². The maximum Gasteiger partial charge on any atom is 0.0820 e. The quantitative estimate of drug-likeness (QED) is 0.559. The number of rotatable bonds is 0. The summed E-state index contributed by atoms with van der Waals surface area (Å²) in [6.07, 6.45) is 0. The van der Waals surface area contributed by atoms with Gasteiger partial charge in [0.25, 0.3) is 0 Å². The lowest BCUT2D eigenvalue weighted by Crippen LogP contribution is -1.70. The molecule has 1 aromatic heterocycles. The maximum absolute atomic E-state index is 4.17. The standard InChI is InChI=1S/C8H6NS/c1-6-3-2-4-7-8(6)10-5-9-7/h3-5H,1H3. The Morgan fingerprint density at radius 2 is 2.40 bits per heavy atom. The van der Waals surface area contributed by atoms with E-state index in [2.05, 4.69) is 18.0 Å². The molecule has 49 valence electrons. The molecule has 0 spiro atoms. The van der Waals surface area contributed by atoms with Crippen LogP contribution in [-0.4, -0.2) is 4.98 Å². The first-order chi connectivity index (χ1) is 4.88. The van der Waals surface area contributed by atoms with E-state index in [0.717, 1.165) is 5.52 Å². The second-order valence-corrected chi connectivity index (χ2v) is 3.06. The summed E-state index contributed by atoms with van der Waals surface area (Å²) in [5.74, 6) is 0. The lowest BCUT2D eigenvalue weighted by molar-refractivity contribution is 1.47. The van der Waals surface area contributed by atoms with Crippen molar-refractivity contribution in [3.8, 4) is 0 Å². The summed E-state index contributed by atoms with van der Waals surface area (Å²) in [4.78, 5) is 4.17. The van der Waals surface area contributed by atoms with Gasteiger partial charge in [0.2, 0.25) is 0 Å². The zero-order valence-electron chi connectivity index (χ0n) is 5.59. The van der Waals surface area contributed by atoms with Crippen LogP contribution in [0.4, 0.5) is 0 Å². The second-order valence-electron chi connectivity index (χ2n) is 2.21. The Bertz CT molecular complexity index is 351. The number of benzene rings is 1. The van der Waals surface area contributed by atoms with E-state index in [4.69, 9.17) is 0 Å². The Labute approximate surface area is 63.3 Å². The Balaban J connectivity index is 2.95. The van der Waals surface area contributed by atoms with Crippen LogP contribution in [0.1, 0.15) is 5.56 Å². The predicted octanol–water partition coefficient (Wildman–Crippen LogP) is 2.40. The SMILES string of the molecule is Cc1c[c]cc2ncsc12. The third kappa shape index (κ3) is 0.727. The van der Waals surface area contributed by atoms with Gasteiger partial charge in [-0.15, -0.1) is 11.3 Å². The molecule has 10 heavy (non-hydrogen) atoms. The minimum absolute atomic E-state index is 1.06. The van der Waals surface area contributed by atoms with E-state index in [0.29, 0.717) is 0 Å². The van der Waals surface area contributed by atoms with Crippen LogP contribution in [0.25, 0.3) is 10.2 Å². The van der Waals surface area contributed by atoms with Crippen molar-refractivity contribution in [2.45, 2.75) is 6.92 Å². The fourth-order valence-electron chi connectivity index (χ4n) is 0.964.